The van der Waals surface area contributed by atoms with Crippen molar-refractivity contribution in [3.8, 4) is 0 Å². The lowest BCUT2D eigenvalue weighted by Gasteiger charge is -2.53. The van der Waals surface area contributed by atoms with Crippen LogP contribution in [0.15, 0.2) is 0 Å². The summed E-state index contributed by atoms with van der Waals surface area (Å²) in [7, 11) is 0. The van der Waals surface area contributed by atoms with E-state index in [0.29, 0.717) is 12.8 Å². The molecule has 7 heteroatoms. The number of carbonyl (C=O) groups is 1. The Morgan fingerprint density at radius 2 is 1.74 bits per heavy atom. The molecule has 1 heterocycles. The van der Waals surface area contributed by atoms with E-state index in [0.717, 1.165) is 0 Å². The van der Waals surface area contributed by atoms with Crippen molar-refractivity contribution in [1.29, 1.82) is 5.41 Å². The third kappa shape index (κ3) is 4.65. The predicted molar refractivity (Wildman–Crippen MR) is 89.6 cm³/mol. The zero-order valence-corrected chi connectivity index (χ0v) is 15.1. The van der Waals surface area contributed by atoms with Crippen molar-refractivity contribution < 1.29 is 14.7 Å². The van der Waals surface area contributed by atoms with Crippen LogP contribution in [0.1, 0.15) is 60.8 Å². The van der Waals surface area contributed by atoms with Crippen molar-refractivity contribution in [2.75, 3.05) is 0 Å². The van der Waals surface area contributed by atoms with E-state index in [4.69, 9.17) is 21.7 Å². The molecule has 1 amide bonds. The Morgan fingerprint density at radius 3 is 2.09 bits per heavy atom. The standard InChI is InChI=1S/C16H32N4O3/c1-14(2,13(18)19)9-11(12(17)22)23-20-15(3,4)7-10(21)8-16(20,5)6/h10-11,21H,7-9H2,1-6H3,(H2,17,22)(H3,18,19). The van der Waals surface area contributed by atoms with Crippen LogP contribution >= 0.6 is 0 Å². The van der Waals surface area contributed by atoms with Gasteiger partial charge in [-0.15, -0.1) is 0 Å². The lowest BCUT2D eigenvalue weighted by molar-refractivity contribution is -0.310. The average molecular weight is 328 g/mol. The molecule has 0 aromatic heterocycles. The Bertz CT molecular complexity index is 456. The first-order chi connectivity index (χ1) is 10.2. The van der Waals surface area contributed by atoms with Crippen LogP contribution in [0, 0.1) is 10.8 Å². The number of nitrogens with zero attached hydrogens (tertiary/aromatic N) is 1. The van der Waals surface area contributed by atoms with Crippen LogP contribution in [-0.4, -0.2) is 45.2 Å². The smallest absolute Gasteiger partial charge is 0.248 e. The lowest BCUT2D eigenvalue weighted by Crippen LogP contribution is -2.63. The first-order valence-electron chi connectivity index (χ1n) is 7.98. The highest BCUT2D eigenvalue weighted by molar-refractivity contribution is 5.85. The maximum atomic E-state index is 11.9. The van der Waals surface area contributed by atoms with Gasteiger partial charge in [0.15, 0.2) is 6.10 Å². The molecule has 1 aliphatic rings. The maximum Gasteiger partial charge on any atom is 0.248 e. The van der Waals surface area contributed by atoms with Gasteiger partial charge in [0.1, 0.15) is 0 Å². The van der Waals surface area contributed by atoms with Gasteiger partial charge in [0.25, 0.3) is 0 Å². The third-order valence-corrected chi connectivity index (χ3v) is 4.54. The van der Waals surface area contributed by atoms with Crippen LogP contribution in [0.3, 0.4) is 0 Å². The topological polar surface area (TPSA) is 126 Å². The Balaban J connectivity index is 3.03. The second-order valence-corrected chi connectivity index (χ2v) is 8.48. The summed E-state index contributed by atoms with van der Waals surface area (Å²) < 4.78 is 0. The Morgan fingerprint density at radius 1 is 1.30 bits per heavy atom. The van der Waals surface area contributed by atoms with E-state index in [1.807, 2.05) is 27.7 Å². The average Bonchev–Trinajstić information content (AvgIpc) is 2.29. The van der Waals surface area contributed by atoms with E-state index in [-0.39, 0.29) is 12.3 Å². The fourth-order valence-corrected chi connectivity index (χ4v) is 3.39. The van der Waals surface area contributed by atoms with Gasteiger partial charge in [-0.3, -0.25) is 15.0 Å². The van der Waals surface area contributed by atoms with E-state index >= 15 is 0 Å². The van der Waals surface area contributed by atoms with Crippen LogP contribution in [0.25, 0.3) is 0 Å². The largest absolute Gasteiger partial charge is 0.393 e. The summed E-state index contributed by atoms with van der Waals surface area (Å²) >= 11 is 0. The molecule has 1 atom stereocenters. The Hall–Kier alpha value is -1.18. The fourth-order valence-electron chi connectivity index (χ4n) is 3.39. The number of nitrogens with two attached hydrogens (primary N) is 2. The molecule has 0 aliphatic carbocycles. The number of carbonyl (C=O) groups excluding carboxylic acids is 1. The molecular weight excluding hydrogens is 296 g/mol. The molecule has 0 aromatic rings. The molecule has 0 spiro atoms. The van der Waals surface area contributed by atoms with Gasteiger partial charge in [0, 0.05) is 16.5 Å². The molecule has 6 N–H and O–H groups in total. The van der Waals surface area contributed by atoms with Crippen LogP contribution < -0.4 is 11.5 Å². The molecule has 134 valence electrons. The second kappa shape index (κ2) is 6.37. The van der Waals surface area contributed by atoms with Gasteiger partial charge in [-0.05, 0) is 47.0 Å². The molecule has 1 unspecified atom stereocenters. The van der Waals surface area contributed by atoms with Crippen LogP contribution in [-0.2, 0) is 9.63 Å². The highest BCUT2D eigenvalue weighted by Crippen LogP contribution is 2.39. The van der Waals surface area contributed by atoms with Crippen molar-refractivity contribution in [2.24, 2.45) is 16.9 Å². The summed E-state index contributed by atoms with van der Waals surface area (Å²) in [5.41, 5.74) is 9.53. The number of hydrogen-bond acceptors (Lipinski definition) is 5. The third-order valence-electron chi connectivity index (χ3n) is 4.54. The van der Waals surface area contributed by atoms with E-state index in [2.05, 4.69) is 0 Å². The van der Waals surface area contributed by atoms with Crippen molar-refractivity contribution in [3.63, 3.8) is 0 Å². The van der Waals surface area contributed by atoms with Gasteiger partial charge in [-0.2, -0.15) is 5.06 Å². The number of hydrogen-bond donors (Lipinski definition) is 4. The van der Waals surface area contributed by atoms with Crippen LogP contribution in [0.2, 0.25) is 0 Å². The number of rotatable bonds is 6. The van der Waals surface area contributed by atoms with Gasteiger partial charge < -0.3 is 16.6 Å². The zero-order valence-electron chi connectivity index (χ0n) is 15.1. The van der Waals surface area contributed by atoms with Crippen LogP contribution in [0.4, 0.5) is 0 Å². The normalized spacial score (nSPS) is 23.4. The van der Waals surface area contributed by atoms with Gasteiger partial charge in [0.05, 0.1) is 11.9 Å². The van der Waals surface area contributed by atoms with E-state index in [1.54, 1.807) is 18.9 Å². The van der Waals surface area contributed by atoms with E-state index in [1.165, 1.54) is 0 Å². The maximum absolute atomic E-state index is 11.9. The minimum atomic E-state index is -0.886. The first-order valence-corrected chi connectivity index (χ1v) is 7.98. The lowest BCUT2D eigenvalue weighted by atomic mass is 9.80. The summed E-state index contributed by atoms with van der Waals surface area (Å²) in [6.45, 7) is 11.4. The SMILES string of the molecule is CC(C)(CC(ON1C(C)(C)CC(O)CC1(C)C)C(N)=O)C(=N)N. The monoisotopic (exact) mass is 328 g/mol. The second-order valence-electron chi connectivity index (χ2n) is 8.48. The number of aliphatic hydroxyl groups excluding tert-OH is 1. The Labute approximate surface area is 138 Å². The molecule has 0 saturated carbocycles. The number of nitrogens with one attached hydrogen (secondary N) is 1. The number of aliphatic hydroxyl groups is 1. The summed E-state index contributed by atoms with van der Waals surface area (Å²) in [5, 5.41) is 19.5. The number of hydroxylamine groups is 2. The summed E-state index contributed by atoms with van der Waals surface area (Å²) in [6.07, 6.45) is 0.00191. The van der Waals surface area contributed by atoms with Gasteiger partial charge in [0.2, 0.25) is 5.91 Å². The molecular formula is C16H32N4O3. The number of piperidine rings is 1. The minimum absolute atomic E-state index is 0.0139. The molecule has 1 fully saturated rings. The fraction of sp³-hybridized carbons (Fsp3) is 0.875. The highest BCUT2D eigenvalue weighted by Gasteiger charge is 2.48. The molecule has 0 radical (unpaired) electrons. The number of amides is 1. The quantitative estimate of drug-likeness (QED) is 0.430. The van der Waals surface area contributed by atoms with Crippen LogP contribution in [0.5, 0.6) is 0 Å². The zero-order chi connectivity index (χ0) is 18.2. The predicted octanol–water partition coefficient (Wildman–Crippen LogP) is 1.14. The first kappa shape index (κ1) is 19.9. The van der Waals surface area contributed by atoms with Crippen molar-refractivity contribution in [3.05, 3.63) is 0 Å². The van der Waals surface area contributed by atoms with Crippen molar-refractivity contribution in [1.82, 2.24) is 5.06 Å². The summed E-state index contributed by atoms with van der Waals surface area (Å²) in [4.78, 5) is 17.9. The van der Waals surface area contributed by atoms with E-state index in [9.17, 15) is 9.90 Å². The van der Waals surface area contributed by atoms with Crippen molar-refractivity contribution in [2.45, 2.75) is 84.1 Å². The Kier molecular flexibility index (Phi) is 5.51. The number of primary amides is 1. The summed E-state index contributed by atoms with van der Waals surface area (Å²) in [6, 6.07) is 0. The molecule has 23 heavy (non-hydrogen) atoms. The number of amidine groups is 1. The highest BCUT2D eigenvalue weighted by atomic mass is 16.7. The van der Waals surface area contributed by atoms with Gasteiger partial charge in [-0.25, -0.2) is 0 Å². The molecule has 1 saturated heterocycles. The molecule has 7 nitrogen and oxygen atoms in total. The van der Waals surface area contributed by atoms with E-state index < -0.39 is 34.6 Å². The van der Waals surface area contributed by atoms with Gasteiger partial charge in [-0.1, -0.05) is 13.8 Å². The molecule has 1 aliphatic heterocycles. The summed E-state index contributed by atoms with van der Waals surface area (Å²) in [5.74, 6) is -0.600. The van der Waals surface area contributed by atoms with Gasteiger partial charge >= 0.3 is 0 Å². The minimum Gasteiger partial charge on any atom is -0.393 e. The molecule has 0 aromatic carbocycles. The van der Waals surface area contributed by atoms with Crippen molar-refractivity contribution >= 4 is 11.7 Å². The molecule has 1 rings (SSSR count). The molecule has 0 bridgehead atoms.